The van der Waals surface area contributed by atoms with E-state index in [0.29, 0.717) is 23.7 Å². The van der Waals surface area contributed by atoms with Crippen LogP contribution in [0, 0.1) is 6.92 Å². The number of aryl methyl sites for hydroxylation is 2. The van der Waals surface area contributed by atoms with Gasteiger partial charge in [-0.15, -0.1) is 0 Å². The molecule has 0 bridgehead atoms. The third kappa shape index (κ3) is 6.29. The van der Waals surface area contributed by atoms with Crippen molar-refractivity contribution in [1.82, 2.24) is 5.32 Å². The molecule has 8 heteroatoms. The van der Waals surface area contributed by atoms with Crippen molar-refractivity contribution in [2.24, 2.45) is 0 Å². The van der Waals surface area contributed by atoms with Crippen LogP contribution in [-0.2, 0) is 21.2 Å². The van der Waals surface area contributed by atoms with Crippen molar-refractivity contribution < 1.29 is 22.7 Å². The van der Waals surface area contributed by atoms with Crippen LogP contribution in [0.15, 0.2) is 77.7 Å². The lowest BCUT2D eigenvalue weighted by Crippen LogP contribution is -2.41. The second kappa shape index (κ2) is 11.6. The van der Waals surface area contributed by atoms with Gasteiger partial charge in [0.2, 0.25) is 5.91 Å². The monoisotopic (exact) mass is 482 g/mol. The van der Waals surface area contributed by atoms with E-state index in [1.54, 1.807) is 36.4 Å². The molecular formula is C26H30N2O5S. The highest BCUT2D eigenvalue weighted by Crippen LogP contribution is 2.33. The molecule has 1 N–H and O–H groups in total. The smallest absolute Gasteiger partial charge is 0.264 e. The molecule has 0 heterocycles. The molecule has 0 spiro atoms. The van der Waals surface area contributed by atoms with Crippen molar-refractivity contribution >= 4 is 21.6 Å². The van der Waals surface area contributed by atoms with Gasteiger partial charge in [0.25, 0.3) is 10.0 Å². The van der Waals surface area contributed by atoms with Gasteiger partial charge in [-0.2, -0.15) is 0 Å². The fraction of sp³-hybridized carbons (Fsp3) is 0.269. The minimum Gasteiger partial charge on any atom is -0.493 e. The van der Waals surface area contributed by atoms with E-state index in [1.807, 2.05) is 19.1 Å². The average molecular weight is 483 g/mol. The molecule has 180 valence electrons. The highest BCUT2D eigenvalue weighted by Gasteiger charge is 2.28. The summed E-state index contributed by atoms with van der Waals surface area (Å²) in [7, 11) is -1.02. The summed E-state index contributed by atoms with van der Waals surface area (Å²) in [6.07, 6.45) is 1.57. The lowest BCUT2D eigenvalue weighted by molar-refractivity contribution is -0.119. The van der Waals surface area contributed by atoms with E-state index in [9.17, 15) is 13.2 Å². The molecule has 3 rings (SSSR count). The van der Waals surface area contributed by atoms with E-state index in [2.05, 4.69) is 17.4 Å². The number of hydrogen-bond donors (Lipinski definition) is 1. The number of nitrogens with one attached hydrogen (secondary N) is 1. The number of sulfonamides is 1. The maximum atomic E-state index is 13.4. The number of carbonyl (C=O) groups excluding carboxylic acids is 1. The lowest BCUT2D eigenvalue weighted by atomic mass is 10.1. The van der Waals surface area contributed by atoms with E-state index < -0.39 is 15.9 Å². The average Bonchev–Trinajstić information content (AvgIpc) is 2.85. The zero-order valence-electron chi connectivity index (χ0n) is 19.7. The number of rotatable bonds is 11. The number of anilines is 1. The Hall–Kier alpha value is -3.52. The fourth-order valence-electron chi connectivity index (χ4n) is 3.59. The molecule has 0 saturated carbocycles. The van der Waals surface area contributed by atoms with E-state index >= 15 is 0 Å². The van der Waals surface area contributed by atoms with Gasteiger partial charge in [-0.3, -0.25) is 9.10 Å². The van der Waals surface area contributed by atoms with Crippen molar-refractivity contribution in [2.45, 2.75) is 24.7 Å². The highest BCUT2D eigenvalue weighted by molar-refractivity contribution is 7.92. The quantitative estimate of drug-likeness (QED) is 0.418. The van der Waals surface area contributed by atoms with E-state index in [-0.39, 0.29) is 11.4 Å². The molecule has 0 fully saturated rings. The van der Waals surface area contributed by atoms with Gasteiger partial charge in [-0.1, -0.05) is 48.0 Å². The first-order chi connectivity index (χ1) is 16.3. The third-order valence-corrected chi connectivity index (χ3v) is 7.11. The number of benzene rings is 3. The molecule has 0 atom stereocenters. The van der Waals surface area contributed by atoms with Crippen molar-refractivity contribution in [3.63, 3.8) is 0 Å². The summed E-state index contributed by atoms with van der Waals surface area (Å²) in [5, 5.41) is 2.84. The van der Waals surface area contributed by atoms with Gasteiger partial charge in [-0.25, -0.2) is 8.42 Å². The van der Waals surface area contributed by atoms with Crippen LogP contribution < -0.4 is 19.1 Å². The number of ether oxygens (including phenoxy) is 2. The first-order valence-electron chi connectivity index (χ1n) is 11.0. The predicted octanol–water partition coefficient (Wildman–Crippen LogP) is 3.96. The SMILES string of the molecule is COc1ccc(N(CC(=O)NCCCc2cccc(C)c2)S(=O)(=O)c2ccccc2)cc1OC. The number of nitrogens with zero attached hydrogens (tertiary/aromatic N) is 1. The molecule has 0 saturated heterocycles. The molecule has 3 aromatic rings. The Bertz CT molecular complexity index is 1210. The Morgan fingerprint density at radius 1 is 0.912 bits per heavy atom. The van der Waals surface area contributed by atoms with Crippen molar-refractivity contribution in [3.8, 4) is 11.5 Å². The second-order valence-electron chi connectivity index (χ2n) is 7.81. The van der Waals surface area contributed by atoms with Gasteiger partial charge in [0.15, 0.2) is 11.5 Å². The van der Waals surface area contributed by atoms with Crippen molar-refractivity contribution in [1.29, 1.82) is 0 Å². The lowest BCUT2D eigenvalue weighted by Gasteiger charge is -2.25. The van der Waals surface area contributed by atoms with Crippen molar-refractivity contribution in [2.75, 3.05) is 31.6 Å². The maximum Gasteiger partial charge on any atom is 0.264 e. The Balaban J connectivity index is 1.76. The Labute approximate surface area is 201 Å². The van der Waals surface area contributed by atoms with Crippen LogP contribution in [0.4, 0.5) is 5.69 Å². The molecule has 0 aliphatic carbocycles. The molecule has 7 nitrogen and oxygen atoms in total. The van der Waals surface area contributed by atoms with Gasteiger partial charge in [0.1, 0.15) is 6.54 Å². The van der Waals surface area contributed by atoms with E-state index in [0.717, 1.165) is 17.1 Å². The molecule has 0 unspecified atom stereocenters. The van der Waals surface area contributed by atoms with E-state index in [4.69, 9.17) is 9.47 Å². The largest absolute Gasteiger partial charge is 0.493 e. The van der Waals surface area contributed by atoms with Crippen LogP contribution in [0.5, 0.6) is 11.5 Å². The van der Waals surface area contributed by atoms with Crippen LogP contribution in [0.3, 0.4) is 0 Å². The Morgan fingerprint density at radius 3 is 2.32 bits per heavy atom. The predicted molar refractivity (Wildman–Crippen MR) is 133 cm³/mol. The Kier molecular flexibility index (Phi) is 8.54. The van der Waals surface area contributed by atoms with Crippen molar-refractivity contribution in [3.05, 3.63) is 83.9 Å². The van der Waals surface area contributed by atoms with Gasteiger partial charge in [0, 0.05) is 12.6 Å². The van der Waals surface area contributed by atoms with Gasteiger partial charge < -0.3 is 14.8 Å². The minimum atomic E-state index is -4.00. The molecular weight excluding hydrogens is 452 g/mol. The topological polar surface area (TPSA) is 84.9 Å². The van der Waals surface area contributed by atoms with E-state index in [1.165, 1.54) is 37.5 Å². The number of amides is 1. The molecule has 34 heavy (non-hydrogen) atoms. The summed E-state index contributed by atoms with van der Waals surface area (Å²) in [6.45, 7) is 2.12. The maximum absolute atomic E-state index is 13.4. The molecule has 0 aromatic heterocycles. The summed E-state index contributed by atoms with van der Waals surface area (Å²) in [5.41, 5.74) is 2.70. The summed E-state index contributed by atoms with van der Waals surface area (Å²) in [5.74, 6) is 0.439. The van der Waals surface area contributed by atoms with Crippen LogP contribution in [0.1, 0.15) is 17.5 Å². The first-order valence-corrected chi connectivity index (χ1v) is 12.4. The molecule has 1 amide bonds. The summed E-state index contributed by atoms with van der Waals surface area (Å²) < 4.78 is 38.6. The van der Waals surface area contributed by atoms with Gasteiger partial charge in [0.05, 0.1) is 24.8 Å². The third-order valence-electron chi connectivity index (χ3n) is 5.32. The zero-order chi connectivity index (χ0) is 24.6. The molecule has 0 aliphatic heterocycles. The van der Waals surface area contributed by atoms with Crippen LogP contribution in [0.25, 0.3) is 0 Å². The normalized spacial score (nSPS) is 11.0. The summed E-state index contributed by atoms with van der Waals surface area (Å²) in [6, 6.07) is 21.0. The summed E-state index contributed by atoms with van der Waals surface area (Å²) in [4.78, 5) is 12.9. The van der Waals surface area contributed by atoms with Gasteiger partial charge in [-0.05, 0) is 49.6 Å². The molecule has 0 aliphatic rings. The summed E-state index contributed by atoms with van der Waals surface area (Å²) >= 11 is 0. The number of methoxy groups -OCH3 is 2. The molecule has 3 aromatic carbocycles. The first kappa shape index (κ1) is 25.1. The van der Waals surface area contributed by atoms with Crippen LogP contribution in [0.2, 0.25) is 0 Å². The zero-order valence-corrected chi connectivity index (χ0v) is 20.5. The molecule has 0 radical (unpaired) electrons. The number of hydrogen-bond acceptors (Lipinski definition) is 5. The van der Waals surface area contributed by atoms with Crippen LogP contribution >= 0.6 is 0 Å². The highest BCUT2D eigenvalue weighted by atomic mass is 32.2. The standard InChI is InChI=1S/C26H30N2O5S/c1-20-9-7-10-21(17-20)11-8-16-27-26(29)19-28(34(30,31)23-12-5-4-6-13-23)22-14-15-24(32-2)25(18-22)33-3/h4-7,9-10,12-15,17-18H,8,11,16,19H2,1-3H3,(H,27,29). The minimum absolute atomic E-state index is 0.0945. The fourth-order valence-corrected chi connectivity index (χ4v) is 5.02. The Morgan fingerprint density at radius 2 is 1.65 bits per heavy atom. The second-order valence-corrected chi connectivity index (χ2v) is 9.67. The number of carbonyl (C=O) groups is 1. The van der Waals surface area contributed by atoms with Crippen LogP contribution in [-0.4, -0.2) is 41.6 Å². The van der Waals surface area contributed by atoms with Gasteiger partial charge >= 0.3 is 0 Å².